The Hall–Kier alpha value is -0.760. The quantitative estimate of drug-likeness (QED) is 0.0845. The smallest absolute Gasteiger partial charge is 0.187 e. The van der Waals surface area contributed by atoms with Gasteiger partial charge in [-0.15, -0.1) is 0 Å². The molecule has 3 fully saturated rings. The van der Waals surface area contributed by atoms with Gasteiger partial charge in [0, 0.05) is 31.2 Å². The zero-order valence-electron chi connectivity index (χ0n) is 23.6. The fourth-order valence-electron chi connectivity index (χ4n) is 5.44. The molecule has 254 valence electrons. The van der Waals surface area contributed by atoms with Crippen molar-refractivity contribution in [2.24, 2.45) is 17.2 Å². The topological polar surface area (TPSA) is 341 Å². The van der Waals surface area contributed by atoms with Crippen LogP contribution < -0.4 is 27.8 Å². The Morgan fingerprint density at radius 2 is 1.33 bits per heavy atom. The lowest BCUT2D eigenvalue weighted by Crippen LogP contribution is -2.69. The molecule has 16 atom stereocenters. The van der Waals surface area contributed by atoms with E-state index in [-0.39, 0.29) is 26.1 Å². The number of hydrogen-bond acceptors (Lipinski definition) is 19. The first kappa shape index (κ1) is 36.7. The van der Waals surface area contributed by atoms with E-state index in [9.17, 15) is 46.0 Å². The van der Waals surface area contributed by atoms with Crippen molar-refractivity contribution in [3.05, 3.63) is 0 Å². The molecule has 3 aliphatic rings. The summed E-state index contributed by atoms with van der Waals surface area (Å²) in [6.07, 6.45) is -17.8. The SMILES string of the molecule is NC(CO)CNC[C@H]1O[C@H](OC2[C@@H](N)C[C@@H](NC(CO)CO)[C@H](O[C@H]3O[C@H](CO)[C@@H](O)[C@H](N)[C@H]3O)[C@H]2O)[C@H](O)[C@@H](O)[C@@H]1O. The minimum atomic E-state index is -1.76. The third-order valence-electron chi connectivity index (χ3n) is 8.08. The summed E-state index contributed by atoms with van der Waals surface area (Å²) < 4.78 is 23.0. The number of nitrogens with two attached hydrogens (primary N) is 3. The minimum Gasteiger partial charge on any atom is -0.395 e. The summed E-state index contributed by atoms with van der Waals surface area (Å²) in [5.41, 5.74) is 17.9. The third-order valence-corrected chi connectivity index (χ3v) is 8.08. The van der Waals surface area contributed by atoms with E-state index in [0.29, 0.717) is 0 Å². The molecule has 18 N–H and O–H groups in total. The van der Waals surface area contributed by atoms with E-state index in [1.165, 1.54) is 0 Å². The molecule has 1 aliphatic carbocycles. The van der Waals surface area contributed by atoms with Gasteiger partial charge < -0.3 is 97.8 Å². The molecular formula is C24H49N5O14. The van der Waals surface area contributed by atoms with E-state index in [4.69, 9.17) is 41.3 Å². The van der Waals surface area contributed by atoms with E-state index in [1.54, 1.807) is 0 Å². The van der Waals surface area contributed by atoms with Crippen molar-refractivity contribution in [2.45, 2.75) is 110 Å². The zero-order chi connectivity index (χ0) is 32.0. The lowest BCUT2D eigenvalue weighted by Gasteiger charge is -2.49. The van der Waals surface area contributed by atoms with E-state index in [1.807, 2.05) is 0 Å². The van der Waals surface area contributed by atoms with Gasteiger partial charge in [-0.3, -0.25) is 0 Å². The maximum absolute atomic E-state index is 11.5. The summed E-state index contributed by atoms with van der Waals surface area (Å²) in [4.78, 5) is 0. The lowest BCUT2D eigenvalue weighted by molar-refractivity contribution is -0.333. The normalized spacial score (nSPS) is 44.9. The molecule has 19 nitrogen and oxygen atoms in total. The van der Waals surface area contributed by atoms with E-state index in [0.717, 1.165) is 0 Å². The van der Waals surface area contributed by atoms with Crippen LogP contribution in [0.15, 0.2) is 0 Å². The second-order valence-corrected chi connectivity index (χ2v) is 11.3. The average Bonchev–Trinajstić information content (AvgIpc) is 3.00. The van der Waals surface area contributed by atoms with Gasteiger partial charge in [-0.05, 0) is 6.42 Å². The third kappa shape index (κ3) is 8.74. The van der Waals surface area contributed by atoms with E-state index < -0.39 is 124 Å². The van der Waals surface area contributed by atoms with Gasteiger partial charge in [0.2, 0.25) is 0 Å². The molecule has 0 aromatic rings. The predicted octanol–water partition coefficient (Wildman–Crippen LogP) is -9.36. The Morgan fingerprint density at radius 1 is 0.721 bits per heavy atom. The van der Waals surface area contributed by atoms with Gasteiger partial charge in [0.1, 0.15) is 61.0 Å². The molecule has 1 saturated carbocycles. The maximum Gasteiger partial charge on any atom is 0.187 e. The number of ether oxygens (including phenoxy) is 4. The Kier molecular flexibility index (Phi) is 14.3. The van der Waals surface area contributed by atoms with Crippen LogP contribution in [0.4, 0.5) is 0 Å². The van der Waals surface area contributed by atoms with Crippen LogP contribution >= 0.6 is 0 Å². The van der Waals surface area contributed by atoms with Gasteiger partial charge in [-0.2, -0.15) is 0 Å². The predicted molar refractivity (Wildman–Crippen MR) is 144 cm³/mol. The van der Waals surface area contributed by atoms with Crippen LogP contribution in [0.25, 0.3) is 0 Å². The molecule has 0 amide bonds. The summed E-state index contributed by atoms with van der Waals surface area (Å²) in [6.45, 7) is -1.82. The number of aliphatic hydroxyl groups is 10. The van der Waals surface area contributed by atoms with E-state index >= 15 is 0 Å². The van der Waals surface area contributed by atoms with Gasteiger partial charge in [0.05, 0.1) is 38.5 Å². The highest BCUT2D eigenvalue weighted by atomic mass is 16.7. The largest absolute Gasteiger partial charge is 0.395 e. The summed E-state index contributed by atoms with van der Waals surface area (Å²) >= 11 is 0. The Morgan fingerprint density at radius 3 is 1.93 bits per heavy atom. The van der Waals surface area contributed by atoms with Gasteiger partial charge in [0.25, 0.3) is 0 Å². The Balaban J connectivity index is 1.80. The number of aliphatic hydroxyl groups excluding tert-OH is 10. The molecule has 2 saturated heterocycles. The van der Waals surface area contributed by atoms with Crippen LogP contribution in [0.5, 0.6) is 0 Å². The average molecular weight is 632 g/mol. The van der Waals surface area contributed by atoms with Crippen LogP contribution in [-0.2, 0) is 18.9 Å². The highest BCUT2D eigenvalue weighted by Crippen LogP contribution is 2.32. The Bertz CT molecular complexity index is 820. The number of rotatable bonds is 14. The van der Waals surface area contributed by atoms with Crippen LogP contribution in [0, 0.1) is 0 Å². The van der Waals surface area contributed by atoms with Crippen molar-refractivity contribution in [1.82, 2.24) is 10.6 Å². The molecule has 2 unspecified atom stereocenters. The molecule has 0 spiro atoms. The standard InChI is InChI=1S/C24H49N5O14/c25-8(4-30)2-28-3-12-16(35)18(37)19(38)24(40-12)42-21-10(26)1-11(29-9(5-31)6-32)22(20(21)39)43-23-17(36)14(27)15(34)13(7-33)41-23/h8-24,28-39H,1-7,25-27H2/t8?,10-,11+,12+,13+,14-,15+,16+,17+,18-,19+,20-,21?,22-,23+,24+/m0/s1. The molecule has 19 heteroatoms. The first-order valence-electron chi connectivity index (χ1n) is 14.3. The molecule has 0 aromatic heterocycles. The van der Waals surface area contributed by atoms with Gasteiger partial charge in [-0.1, -0.05) is 0 Å². The van der Waals surface area contributed by atoms with Crippen LogP contribution in [0.3, 0.4) is 0 Å². The summed E-state index contributed by atoms with van der Waals surface area (Å²) in [5.74, 6) is 0. The fraction of sp³-hybridized carbons (Fsp3) is 1.00. The van der Waals surface area contributed by atoms with Crippen molar-refractivity contribution < 1.29 is 70.0 Å². The van der Waals surface area contributed by atoms with Crippen LogP contribution in [0.2, 0.25) is 0 Å². The van der Waals surface area contributed by atoms with Gasteiger partial charge in [-0.25, -0.2) is 0 Å². The van der Waals surface area contributed by atoms with Crippen molar-refractivity contribution in [3.63, 3.8) is 0 Å². The van der Waals surface area contributed by atoms with Crippen LogP contribution in [0.1, 0.15) is 6.42 Å². The van der Waals surface area contributed by atoms with Crippen molar-refractivity contribution in [2.75, 3.05) is 39.5 Å². The fourth-order valence-corrected chi connectivity index (χ4v) is 5.44. The molecule has 3 rings (SSSR count). The highest BCUT2D eigenvalue weighted by Gasteiger charge is 2.52. The lowest BCUT2D eigenvalue weighted by atomic mass is 9.83. The Labute approximate surface area is 248 Å². The van der Waals surface area contributed by atoms with E-state index in [2.05, 4.69) is 10.6 Å². The number of hydrogen-bond donors (Lipinski definition) is 15. The molecule has 0 radical (unpaired) electrons. The second kappa shape index (κ2) is 16.7. The summed E-state index contributed by atoms with van der Waals surface area (Å²) in [6, 6.07) is -4.58. The van der Waals surface area contributed by atoms with Gasteiger partial charge >= 0.3 is 0 Å². The molecule has 0 aromatic carbocycles. The number of nitrogens with one attached hydrogen (secondary N) is 2. The molecule has 2 aliphatic heterocycles. The van der Waals surface area contributed by atoms with Gasteiger partial charge in [0.15, 0.2) is 12.6 Å². The van der Waals surface area contributed by atoms with Crippen molar-refractivity contribution in [3.8, 4) is 0 Å². The first-order valence-corrected chi connectivity index (χ1v) is 14.3. The molecule has 0 bridgehead atoms. The zero-order valence-corrected chi connectivity index (χ0v) is 23.6. The second-order valence-electron chi connectivity index (χ2n) is 11.3. The van der Waals surface area contributed by atoms with Crippen molar-refractivity contribution >= 4 is 0 Å². The molecule has 2 heterocycles. The molecule has 43 heavy (non-hydrogen) atoms. The molecular weight excluding hydrogens is 582 g/mol. The monoisotopic (exact) mass is 631 g/mol. The highest BCUT2D eigenvalue weighted by molar-refractivity contribution is 5.03. The first-order chi connectivity index (χ1) is 20.4. The maximum atomic E-state index is 11.5. The van der Waals surface area contributed by atoms with Crippen molar-refractivity contribution in [1.29, 1.82) is 0 Å². The summed E-state index contributed by atoms with van der Waals surface area (Å²) in [7, 11) is 0. The summed E-state index contributed by atoms with van der Waals surface area (Å²) in [5, 5.41) is 107. The minimum absolute atomic E-state index is 0.0121. The van der Waals surface area contributed by atoms with Crippen LogP contribution in [-0.4, -0.2) is 194 Å².